The average molecular weight is 244 g/mol. The number of hydrogen-bond acceptors (Lipinski definition) is 1. The predicted octanol–water partition coefficient (Wildman–Crippen LogP) is 5.22. The topological polar surface area (TPSA) is 0 Å². The number of thioether (sulfide) groups is 1. The molecule has 0 aromatic carbocycles. The van der Waals surface area contributed by atoms with E-state index >= 15 is 0 Å². The first-order valence-electron chi connectivity index (χ1n) is 6.92. The van der Waals surface area contributed by atoms with E-state index in [4.69, 9.17) is 0 Å². The molecule has 0 aromatic heterocycles. The Bertz CT molecular complexity index is 111. The molecule has 0 rings (SSSR count). The van der Waals surface area contributed by atoms with Crippen LogP contribution in [0.5, 0.6) is 0 Å². The molecule has 0 aliphatic rings. The van der Waals surface area contributed by atoms with Crippen LogP contribution in [-0.2, 0) is 0 Å². The standard InChI is InChI=1S/C7H15S.2C3H7.Al/c1-3-5-7-8-6-4-2;2*1-3-2;/h2-7H2,1H3;2*1,3H2,2H3;. The molecular formula is C13H29AlS. The van der Waals surface area contributed by atoms with E-state index in [2.05, 4.69) is 32.5 Å². The summed E-state index contributed by atoms with van der Waals surface area (Å²) in [6, 6.07) is 0. The van der Waals surface area contributed by atoms with E-state index in [0.717, 1.165) is 0 Å². The summed E-state index contributed by atoms with van der Waals surface area (Å²) in [5.74, 6) is 2.82. The Kier molecular flexibility index (Phi) is 13.7. The van der Waals surface area contributed by atoms with Crippen molar-refractivity contribution in [1.29, 1.82) is 0 Å². The summed E-state index contributed by atoms with van der Waals surface area (Å²) in [6.07, 6.45) is 7.14. The van der Waals surface area contributed by atoms with Gasteiger partial charge in [0.05, 0.1) is 0 Å². The molecule has 0 amide bonds. The zero-order valence-corrected chi connectivity index (χ0v) is 13.0. The first kappa shape index (κ1) is 15.9. The summed E-state index contributed by atoms with van der Waals surface area (Å²) < 4.78 is 0. The highest BCUT2D eigenvalue weighted by Gasteiger charge is 2.13. The Morgan fingerprint density at radius 2 is 1.33 bits per heavy atom. The highest BCUT2D eigenvalue weighted by atomic mass is 32.2. The molecule has 0 radical (unpaired) electrons. The van der Waals surface area contributed by atoms with E-state index in [-0.39, 0.29) is 14.1 Å². The van der Waals surface area contributed by atoms with Gasteiger partial charge in [-0.15, -0.1) is 0 Å². The van der Waals surface area contributed by atoms with Crippen LogP contribution in [0.3, 0.4) is 0 Å². The van der Waals surface area contributed by atoms with Crippen LogP contribution in [0.25, 0.3) is 0 Å². The van der Waals surface area contributed by atoms with Gasteiger partial charge in [0.2, 0.25) is 0 Å². The van der Waals surface area contributed by atoms with Gasteiger partial charge >= 0.3 is 0 Å². The van der Waals surface area contributed by atoms with E-state index in [9.17, 15) is 0 Å². The zero-order chi connectivity index (χ0) is 11.4. The maximum absolute atomic E-state index is 2.35. The minimum Gasteiger partial charge on any atom is -0.162 e. The molecule has 0 unspecified atom stereocenters. The third-order valence-corrected chi connectivity index (χ3v) is 8.10. The molecule has 0 aliphatic carbocycles. The molecule has 90 valence electrons. The second-order valence-electron chi connectivity index (χ2n) is 4.55. The Labute approximate surface area is 106 Å². The lowest BCUT2D eigenvalue weighted by Gasteiger charge is -2.09. The molecule has 0 spiro atoms. The van der Waals surface area contributed by atoms with Crippen LogP contribution in [0.1, 0.15) is 52.9 Å². The van der Waals surface area contributed by atoms with Crippen molar-refractivity contribution >= 4 is 25.9 Å². The molecular weight excluding hydrogens is 215 g/mol. The van der Waals surface area contributed by atoms with E-state index in [1.54, 1.807) is 15.8 Å². The van der Waals surface area contributed by atoms with Gasteiger partial charge in [-0.25, -0.2) is 0 Å². The van der Waals surface area contributed by atoms with Crippen LogP contribution in [0.2, 0.25) is 15.8 Å². The monoisotopic (exact) mass is 244 g/mol. The zero-order valence-electron chi connectivity index (χ0n) is 11.1. The number of hydrogen-bond donors (Lipinski definition) is 0. The van der Waals surface area contributed by atoms with Gasteiger partial charge in [0.1, 0.15) is 0 Å². The first-order valence-corrected chi connectivity index (χ1v) is 10.5. The van der Waals surface area contributed by atoms with Crippen LogP contribution in [0.15, 0.2) is 0 Å². The van der Waals surface area contributed by atoms with Crippen molar-refractivity contribution in [2.75, 3.05) is 11.5 Å². The molecule has 0 fully saturated rings. The van der Waals surface area contributed by atoms with Crippen molar-refractivity contribution in [2.45, 2.75) is 68.7 Å². The summed E-state index contributed by atoms with van der Waals surface area (Å²) in [5, 5.41) is 4.79. The highest BCUT2D eigenvalue weighted by molar-refractivity contribution is 7.99. The smallest absolute Gasteiger partial charge is 0.162 e. The van der Waals surface area contributed by atoms with Crippen molar-refractivity contribution in [3.8, 4) is 0 Å². The van der Waals surface area contributed by atoms with E-state index in [0.29, 0.717) is 0 Å². The van der Waals surface area contributed by atoms with Crippen LogP contribution in [0.4, 0.5) is 0 Å². The minimum atomic E-state index is -0.306. The highest BCUT2D eigenvalue weighted by Crippen LogP contribution is 2.15. The lowest BCUT2D eigenvalue weighted by molar-refractivity contribution is 0.894. The fourth-order valence-corrected chi connectivity index (χ4v) is 6.72. The molecule has 0 aliphatic heterocycles. The third-order valence-electron chi connectivity index (χ3n) is 2.94. The van der Waals surface area contributed by atoms with Gasteiger partial charge in [-0.05, 0) is 17.9 Å². The fourth-order valence-electron chi connectivity index (χ4n) is 2.07. The number of rotatable bonds is 11. The normalized spacial score (nSPS) is 10.6. The molecule has 0 saturated heterocycles. The van der Waals surface area contributed by atoms with Crippen LogP contribution >= 0.6 is 11.8 Å². The Hall–Kier alpha value is 0.882. The molecule has 0 heterocycles. The summed E-state index contributed by atoms with van der Waals surface area (Å²) in [5.41, 5.74) is 0. The molecule has 2 heteroatoms. The summed E-state index contributed by atoms with van der Waals surface area (Å²) >= 11 is 1.87. The van der Waals surface area contributed by atoms with E-state index in [1.807, 2.05) is 0 Å². The number of unbranched alkanes of at least 4 members (excludes halogenated alkanes) is 1. The molecule has 0 bridgehead atoms. The van der Waals surface area contributed by atoms with Crippen molar-refractivity contribution in [3.63, 3.8) is 0 Å². The predicted molar refractivity (Wildman–Crippen MR) is 77.6 cm³/mol. The molecule has 0 saturated carbocycles. The Morgan fingerprint density at radius 3 is 1.87 bits per heavy atom. The van der Waals surface area contributed by atoms with Crippen molar-refractivity contribution in [3.05, 3.63) is 0 Å². The Balaban J connectivity index is 3.28. The first-order chi connectivity index (χ1) is 7.35. The van der Waals surface area contributed by atoms with Gasteiger partial charge < -0.3 is 0 Å². The van der Waals surface area contributed by atoms with Crippen molar-refractivity contribution in [1.82, 2.24) is 0 Å². The second-order valence-corrected chi connectivity index (χ2v) is 9.24. The molecule has 0 aromatic rings. The molecule has 0 nitrogen and oxygen atoms in total. The van der Waals surface area contributed by atoms with Gasteiger partial charge in [0.15, 0.2) is 0 Å². The minimum absolute atomic E-state index is 0.306. The lowest BCUT2D eigenvalue weighted by atomic mass is 10.4. The maximum Gasteiger partial charge on any atom is 0.261 e. The average Bonchev–Trinajstić information content (AvgIpc) is 2.24. The van der Waals surface area contributed by atoms with Crippen LogP contribution < -0.4 is 0 Å². The van der Waals surface area contributed by atoms with Crippen molar-refractivity contribution in [2.24, 2.45) is 0 Å². The third kappa shape index (κ3) is 11.2. The van der Waals surface area contributed by atoms with Crippen LogP contribution in [-0.4, -0.2) is 25.7 Å². The van der Waals surface area contributed by atoms with E-state index < -0.39 is 0 Å². The summed E-state index contributed by atoms with van der Waals surface area (Å²) in [6.45, 7) is 6.99. The Morgan fingerprint density at radius 1 is 0.733 bits per heavy atom. The van der Waals surface area contributed by atoms with Crippen molar-refractivity contribution < 1.29 is 0 Å². The summed E-state index contributed by atoms with van der Waals surface area (Å²) in [4.78, 5) is 0. The quantitative estimate of drug-likeness (QED) is 0.354. The van der Waals surface area contributed by atoms with E-state index in [1.165, 1.54) is 43.6 Å². The molecule has 15 heavy (non-hydrogen) atoms. The lowest BCUT2D eigenvalue weighted by Crippen LogP contribution is -2.11. The SMILES string of the molecule is CCCCSCC[CH2][Al]([CH2]CC)[CH2]CC. The van der Waals surface area contributed by atoms with Gasteiger partial charge in [-0.3, -0.25) is 0 Å². The summed E-state index contributed by atoms with van der Waals surface area (Å²) in [7, 11) is 0. The van der Waals surface area contributed by atoms with Gasteiger partial charge in [0.25, 0.3) is 14.1 Å². The largest absolute Gasteiger partial charge is 0.261 e. The van der Waals surface area contributed by atoms with Gasteiger partial charge in [0, 0.05) is 0 Å². The fraction of sp³-hybridized carbons (Fsp3) is 1.00. The molecule has 0 atom stereocenters. The maximum atomic E-state index is 2.35. The van der Waals surface area contributed by atoms with Gasteiger partial charge in [-0.2, -0.15) is 11.8 Å². The molecule has 0 N–H and O–H groups in total. The van der Waals surface area contributed by atoms with Crippen LogP contribution in [0, 0.1) is 0 Å². The van der Waals surface area contributed by atoms with Gasteiger partial charge in [-0.1, -0.05) is 62.3 Å². The second kappa shape index (κ2) is 12.9.